The third-order valence-electron chi connectivity index (χ3n) is 5.90. The monoisotopic (exact) mass is 507 g/mol. The SMILES string of the molecule is CCCc1nc2c(OCc3c(F)cccc3F)cc(C)cn2c1C(=O)CC(C#N)c1ccc(Cl)cc1. The predicted octanol–water partition coefficient (Wildman–Crippen LogP) is 6.99. The van der Waals surface area contributed by atoms with E-state index in [4.69, 9.17) is 16.3 Å². The van der Waals surface area contributed by atoms with E-state index in [0.29, 0.717) is 39.8 Å². The normalized spacial score (nSPS) is 11.9. The lowest BCUT2D eigenvalue weighted by Crippen LogP contribution is -2.11. The van der Waals surface area contributed by atoms with Gasteiger partial charge >= 0.3 is 0 Å². The van der Waals surface area contributed by atoms with Crippen LogP contribution in [0.2, 0.25) is 5.02 Å². The smallest absolute Gasteiger partial charge is 0.183 e. The number of carbonyl (C=O) groups excluding carboxylic acids is 1. The van der Waals surface area contributed by atoms with Crippen molar-refractivity contribution in [3.63, 3.8) is 0 Å². The summed E-state index contributed by atoms with van der Waals surface area (Å²) in [5.41, 5.74) is 2.64. The molecule has 0 aliphatic rings. The highest BCUT2D eigenvalue weighted by molar-refractivity contribution is 6.30. The van der Waals surface area contributed by atoms with E-state index < -0.39 is 17.6 Å². The van der Waals surface area contributed by atoms with Crippen molar-refractivity contribution in [2.75, 3.05) is 0 Å². The van der Waals surface area contributed by atoms with Gasteiger partial charge in [-0.2, -0.15) is 5.26 Å². The Hall–Kier alpha value is -3.76. The largest absolute Gasteiger partial charge is 0.485 e. The third-order valence-corrected chi connectivity index (χ3v) is 6.15. The third kappa shape index (κ3) is 5.24. The molecule has 4 aromatic rings. The maximum absolute atomic E-state index is 14.1. The molecule has 5 nitrogen and oxygen atoms in total. The van der Waals surface area contributed by atoms with Gasteiger partial charge in [0, 0.05) is 17.6 Å². The maximum atomic E-state index is 14.1. The molecular weight excluding hydrogens is 484 g/mol. The first kappa shape index (κ1) is 25.3. The number of aromatic nitrogens is 2. The number of rotatable bonds is 9. The summed E-state index contributed by atoms with van der Waals surface area (Å²) < 4.78 is 35.7. The Balaban J connectivity index is 1.71. The molecule has 2 heterocycles. The van der Waals surface area contributed by atoms with Crippen LogP contribution < -0.4 is 4.74 Å². The average molecular weight is 508 g/mol. The molecule has 0 bridgehead atoms. The lowest BCUT2D eigenvalue weighted by molar-refractivity contribution is 0.0972. The Kier molecular flexibility index (Phi) is 7.66. The summed E-state index contributed by atoms with van der Waals surface area (Å²) in [4.78, 5) is 18.2. The van der Waals surface area contributed by atoms with Crippen LogP contribution in [0.5, 0.6) is 5.75 Å². The van der Waals surface area contributed by atoms with E-state index in [9.17, 15) is 18.8 Å². The Bertz CT molecular complexity index is 1440. The Morgan fingerprint density at radius 1 is 1.19 bits per heavy atom. The average Bonchev–Trinajstić information content (AvgIpc) is 3.21. The fraction of sp³-hybridized carbons (Fsp3) is 0.250. The van der Waals surface area contributed by atoms with Crippen molar-refractivity contribution in [1.82, 2.24) is 9.38 Å². The van der Waals surface area contributed by atoms with Gasteiger partial charge in [0.1, 0.15) is 23.9 Å². The van der Waals surface area contributed by atoms with Crippen molar-refractivity contribution in [2.24, 2.45) is 0 Å². The van der Waals surface area contributed by atoms with Gasteiger partial charge < -0.3 is 4.74 Å². The van der Waals surface area contributed by atoms with Crippen molar-refractivity contribution < 1.29 is 18.3 Å². The zero-order chi connectivity index (χ0) is 25.8. The number of hydrogen-bond acceptors (Lipinski definition) is 4. The van der Waals surface area contributed by atoms with Gasteiger partial charge in [-0.15, -0.1) is 0 Å². The summed E-state index contributed by atoms with van der Waals surface area (Å²) in [7, 11) is 0. The Morgan fingerprint density at radius 2 is 1.89 bits per heavy atom. The van der Waals surface area contributed by atoms with Crippen molar-refractivity contribution >= 4 is 23.0 Å². The summed E-state index contributed by atoms with van der Waals surface area (Å²) in [6.45, 7) is 3.48. The Morgan fingerprint density at radius 3 is 2.53 bits per heavy atom. The number of carbonyl (C=O) groups is 1. The molecule has 2 aromatic heterocycles. The van der Waals surface area contributed by atoms with E-state index in [1.807, 2.05) is 13.8 Å². The molecule has 36 heavy (non-hydrogen) atoms. The van der Waals surface area contributed by atoms with Crippen molar-refractivity contribution in [3.05, 3.63) is 99.5 Å². The molecule has 0 spiro atoms. The number of fused-ring (bicyclic) bond motifs is 1. The molecule has 4 rings (SSSR count). The molecule has 0 saturated carbocycles. The highest BCUT2D eigenvalue weighted by Crippen LogP contribution is 2.29. The highest BCUT2D eigenvalue weighted by atomic mass is 35.5. The van der Waals surface area contributed by atoms with Crippen LogP contribution in [0.3, 0.4) is 0 Å². The van der Waals surface area contributed by atoms with Gasteiger partial charge in [0.15, 0.2) is 17.2 Å². The van der Waals surface area contributed by atoms with Crippen LogP contribution in [0.1, 0.15) is 58.6 Å². The molecule has 0 amide bonds. The molecule has 0 aliphatic carbocycles. The molecule has 0 fully saturated rings. The van der Waals surface area contributed by atoms with Gasteiger partial charge in [-0.1, -0.05) is 43.1 Å². The fourth-order valence-electron chi connectivity index (χ4n) is 4.14. The standard InChI is InChI=1S/C28H24ClF2N3O2/c1-3-5-24-27(25(35)13-19(14-32)18-8-10-20(29)11-9-18)34-15-17(2)12-26(28(34)33-24)36-16-21-22(30)6-4-7-23(21)31/h4,6-12,15,19H,3,5,13,16H2,1-2H3. The molecule has 1 atom stereocenters. The van der Waals surface area contributed by atoms with Crippen LogP contribution >= 0.6 is 11.6 Å². The number of halogens is 3. The van der Waals surface area contributed by atoms with Gasteiger partial charge in [-0.05, 0) is 54.8 Å². The fourth-order valence-corrected chi connectivity index (χ4v) is 4.27. The zero-order valence-electron chi connectivity index (χ0n) is 19.9. The number of Topliss-reactive ketones (excluding diaryl/α,β-unsaturated/α-hetero) is 1. The predicted molar refractivity (Wildman–Crippen MR) is 133 cm³/mol. The summed E-state index contributed by atoms with van der Waals surface area (Å²) >= 11 is 5.96. The first-order chi connectivity index (χ1) is 17.3. The van der Waals surface area contributed by atoms with Gasteiger partial charge in [0.2, 0.25) is 0 Å². The van der Waals surface area contributed by atoms with E-state index in [1.54, 1.807) is 40.9 Å². The number of pyridine rings is 1. The van der Waals surface area contributed by atoms with Crippen LogP contribution in [0.15, 0.2) is 54.7 Å². The molecular formula is C28H24ClF2N3O2. The minimum absolute atomic E-state index is 0.0345. The molecule has 184 valence electrons. The number of benzene rings is 2. The topological polar surface area (TPSA) is 67.4 Å². The minimum atomic E-state index is -0.700. The van der Waals surface area contributed by atoms with Crippen molar-refractivity contribution in [2.45, 2.75) is 45.6 Å². The number of ether oxygens (including phenoxy) is 1. The first-order valence-corrected chi connectivity index (χ1v) is 12.0. The molecule has 1 unspecified atom stereocenters. The summed E-state index contributed by atoms with van der Waals surface area (Å²) in [6, 6.07) is 14.4. The number of nitriles is 1. The van der Waals surface area contributed by atoms with E-state index in [2.05, 4.69) is 11.1 Å². The van der Waals surface area contributed by atoms with Gasteiger partial charge in [-0.3, -0.25) is 9.20 Å². The highest BCUT2D eigenvalue weighted by Gasteiger charge is 2.25. The number of ketones is 1. The molecule has 0 aliphatic heterocycles. The summed E-state index contributed by atoms with van der Waals surface area (Å²) in [5, 5.41) is 10.3. The number of nitrogens with zero attached hydrogens (tertiary/aromatic N) is 3. The van der Waals surface area contributed by atoms with Crippen LogP contribution in [-0.2, 0) is 13.0 Å². The number of imidazole rings is 1. The second-order valence-corrected chi connectivity index (χ2v) is 9.02. The molecule has 0 saturated heterocycles. The summed E-state index contributed by atoms with van der Waals surface area (Å²) in [6.07, 6.45) is 3.03. The molecule has 0 N–H and O–H groups in total. The number of hydrogen-bond donors (Lipinski definition) is 0. The molecule has 0 radical (unpaired) electrons. The lowest BCUT2D eigenvalue weighted by Gasteiger charge is -2.12. The van der Waals surface area contributed by atoms with Crippen molar-refractivity contribution in [3.8, 4) is 11.8 Å². The van der Waals surface area contributed by atoms with E-state index in [1.165, 1.54) is 18.2 Å². The van der Waals surface area contributed by atoms with Crippen LogP contribution in [0.4, 0.5) is 8.78 Å². The van der Waals surface area contributed by atoms with Crippen LogP contribution in [0, 0.1) is 29.9 Å². The van der Waals surface area contributed by atoms with Gasteiger partial charge in [0.25, 0.3) is 0 Å². The van der Waals surface area contributed by atoms with Gasteiger partial charge in [0.05, 0.1) is 23.2 Å². The van der Waals surface area contributed by atoms with Crippen LogP contribution in [-0.4, -0.2) is 15.2 Å². The molecule has 2 aromatic carbocycles. The van der Waals surface area contributed by atoms with Gasteiger partial charge in [-0.25, -0.2) is 13.8 Å². The van der Waals surface area contributed by atoms with E-state index in [-0.39, 0.29) is 24.4 Å². The van der Waals surface area contributed by atoms with Crippen molar-refractivity contribution in [1.29, 1.82) is 5.26 Å². The van der Waals surface area contributed by atoms with E-state index >= 15 is 0 Å². The summed E-state index contributed by atoms with van der Waals surface area (Å²) in [5.74, 6) is -1.98. The van der Waals surface area contributed by atoms with E-state index in [0.717, 1.165) is 12.0 Å². The minimum Gasteiger partial charge on any atom is -0.485 e. The first-order valence-electron chi connectivity index (χ1n) is 11.6. The number of aryl methyl sites for hydroxylation is 2. The quantitative estimate of drug-likeness (QED) is 0.229. The lowest BCUT2D eigenvalue weighted by atomic mass is 9.93. The van der Waals surface area contributed by atoms with Crippen LogP contribution in [0.25, 0.3) is 5.65 Å². The second-order valence-electron chi connectivity index (χ2n) is 8.58. The molecule has 8 heteroatoms. The zero-order valence-corrected chi connectivity index (χ0v) is 20.6. The maximum Gasteiger partial charge on any atom is 0.183 e. The Labute approximate surface area is 212 Å². The second kappa shape index (κ2) is 10.9.